The predicted octanol–water partition coefficient (Wildman–Crippen LogP) is 11.3. The molecule has 0 atom stereocenters. The molecule has 0 heterocycles. The van der Waals surface area contributed by atoms with Gasteiger partial charge < -0.3 is 0 Å². The van der Waals surface area contributed by atoms with Gasteiger partial charge >= 0.3 is 0 Å². The lowest BCUT2D eigenvalue weighted by molar-refractivity contribution is 0.457. The Bertz CT molecular complexity index is 72.0. The lowest BCUT2D eigenvalue weighted by Gasteiger charge is -2.05. The van der Waals surface area contributed by atoms with Gasteiger partial charge in [0.05, 0.1) is 0 Å². The van der Waals surface area contributed by atoms with Crippen LogP contribution in [0.4, 0.5) is 0 Å². The van der Waals surface area contributed by atoms with E-state index < -0.39 is 0 Å². The molecule has 0 saturated carbocycles. The van der Waals surface area contributed by atoms with Gasteiger partial charge in [-0.2, -0.15) is 0 Å². The average Bonchev–Trinajstić information content (AvgIpc) is 2.70. The van der Waals surface area contributed by atoms with Gasteiger partial charge in [0.15, 0.2) is 0 Å². The Kier molecular flexibility index (Phi) is 176. The molecule has 0 unspecified atom stereocenters. The fraction of sp³-hybridized carbons (Fsp3) is 1.00. The molecule has 0 N–H and O–H groups in total. The van der Waals surface area contributed by atoms with E-state index in [1.807, 2.05) is 69.2 Å². The number of hydrogen-bond donors (Lipinski definition) is 0. The highest BCUT2D eigenvalue weighted by Crippen LogP contribution is 2.05. The van der Waals surface area contributed by atoms with Gasteiger partial charge in [-0.05, 0) is 17.8 Å². The van der Waals surface area contributed by atoms with Gasteiger partial charge in [0.25, 0.3) is 0 Å². The van der Waals surface area contributed by atoms with Crippen LogP contribution in [0.5, 0.6) is 0 Å². The van der Waals surface area contributed by atoms with Crippen molar-refractivity contribution in [3.05, 3.63) is 0 Å². The van der Waals surface area contributed by atoms with E-state index >= 15 is 0 Å². The predicted molar refractivity (Wildman–Crippen MR) is 132 cm³/mol. The summed E-state index contributed by atoms with van der Waals surface area (Å²) in [5, 5.41) is 0. The zero-order valence-electron chi connectivity index (χ0n) is 22.9. The molecule has 0 aromatic heterocycles. The van der Waals surface area contributed by atoms with Crippen LogP contribution in [0.2, 0.25) is 0 Å². The minimum atomic E-state index is 0.852. The molecule has 0 bridgehead atoms. The topological polar surface area (TPSA) is 0 Å². The molecule has 166 valence electrons. The summed E-state index contributed by atoms with van der Waals surface area (Å²) in [6.07, 6.45) is 3.94. The van der Waals surface area contributed by atoms with E-state index in [9.17, 15) is 0 Å². The molecule has 0 rings (SSSR count). The smallest absolute Gasteiger partial charge is 0.0448 e. The van der Waals surface area contributed by atoms with E-state index in [4.69, 9.17) is 0 Å². The standard InChI is InChI=1S/C6H14.C5H12.C4H10.5C2H6/c1-5(2)6(3)4;1-4-5(2)3;1-3-4-2;5*1-2/h5-6H,1-4H3;5H,4H2,1-3H3;3-4H2,1-2H3;5*1-2H3. The molecule has 0 aromatic rings. The summed E-state index contributed by atoms with van der Waals surface area (Å²) in [6, 6.07) is 0. The molecule has 25 heavy (non-hydrogen) atoms. The van der Waals surface area contributed by atoms with E-state index in [0.29, 0.717) is 0 Å². The summed E-state index contributed by atoms with van der Waals surface area (Å²) in [6.45, 7) is 40.0. The van der Waals surface area contributed by atoms with Gasteiger partial charge in [0.1, 0.15) is 0 Å². The summed E-state index contributed by atoms with van der Waals surface area (Å²) in [7, 11) is 0. The Hall–Kier alpha value is 0. The van der Waals surface area contributed by atoms with E-state index in [2.05, 4.69) is 62.3 Å². The average molecular weight is 367 g/mol. The molecule has 0 aliphatic rings. The molecule has 0 spiro atoms. The summed E-state index contributed by atoms with van der Waals surface area (Å²) in [5.74, 6) is 2.59. The van der Waals surface area contributed by atoms with E-state index in [1.54, 1.807) is 0 Å². The quantitative estimate of drug-likeness (QED) is 0.465. The number of rotatable bonds is 3. The lowest BCUT2D eigenvalue weighted by Crippen LogP contribution is -1.95. The zero-order chi connectivity index (χ0) is 22.9. The molecule has 0 aliphatic heterocycles. The second-order valence-electron chi connectivity index (χ2n) is 5.29. The monoisotopic (exact) mass is 367 g/mol. The molecular formula is C25H66. The second-order valence-corrected chi connectivity index (χ2v) is 5.29. The molecule has 0 saturated heterocycles. The first kappa shape index (κ1) is 49.8. The maximum Gasteiger partial charge on any atom is -0.0448 e. The van der Waals surface area contributed by atoms with Crippen LogP contribution in [-0.4, -0.2) is 0 Å². The highest BCUT2D eigenvalue weighted by atomic mass is 14.0. The Morgan fingerprint density at radius 2 is 0.520 bits per heavy atom. The van der Waals surface area contributed by atoms with Gasteiger partial charge in [-0.3, -0.25) is 0 Å². The van der Waals surface area contributed by atoms with Gasteiger partial charge in [0.2, 0.25) is 0 Å². The molecule has 0 amide bonds. The SMILES string of the molecule is CC.CC.CC.CC.CC.CC(C)C(C)C.CCC(C)C.CCCC. The van der Waals surface area contributed by atoms with Crippen molar-refractivity contribution in [1.29, 1.82) is 0 Å². The van der Waals surface area contributed by atoms with Crippen LogP contribution >= 0.6 is 0 Å². The molecule has 0 heteroatoms. The van der Waals surface area contributed by atoms with E-state index in [1.165, 1.54) is 19.3 Å². The third-order valence-electron chi connectivity index (χ3n) is 2.65. The van der Waals surface area contributed by atoms with Crippen LogP contribution in [0, 0.1) is 17.8 Å². The Balaban J connectivity index is -0.0000000233. The van der Waals surface area contributed by atoms with E-state index in [0.717, 1.165) is 17.8 Å². The normalized spacial score (nSPS) is 6.96. The summed E-state index contributed by atoms with van der Waals surface area (Å²) < 4.78 is 0. The first-order valence-electron chi connectivity index (χ1n) is 11.8. The van der Waals surface area contributed by atoms with Crippen LogP contribution in [0.3, 0.4) is 0 Å². The summed E-state index contributed by atoms with van der Waals surface area (Å²) in [4.78, 5) is 0. The second kappa shape index (κ2) is 88.2. The van der Waals surface area contributed by atoms with Gasteiger partial charge in [0, 0.05) is 0 Å². The molecule has 0 aromatic carbocycles. The van der Waals surface area contributed by atoms with Crippen molar-refractivity contribution < 1.29 is 0 Å². The number of hydrogen-bond acceptors (Lipinski definition) is 0. The minimum Gasteiger partial charge on any atom is -0.0683 e. The van der Waals surface area contributed by atoms with Crippen LogP contribution in [0.15, 0.2) is 0 Å². The van der Waals surface area contributed by atoms with Gasteiger partial charge in [-0.25, -0.2) is 0 Å². The first-order valence-corrected chi connectivity index (χ1v) is 11.8. The van der Waals surface area contributed by atoms with Crippen molar-refractivity contribution in [2.24, 2.45) is 17.8 Å². The van der Waals surface area contributed by atoms with Gasteiger partial charge in [-0.15, -0.1) is 0 Å². The summed E-state index contributed by atoms with van der Waals surface area (Å²) in [5.41, 5.74) is 0. The molecular weight excluding hydrogens is 300 g/mol. The first-order chi connectivity index (χ1) is 11.8. The third kappa shape index (κ3) is 237. The van der Waals surface area contributed by atoms with Gasteiger partial charge in [-0.1, -0.05) is 151 Å². The largest absolute Gasteiger partial charge is 0.0683 e. The van der Waals surface area contributed by atoms with Crippen molar-refractivity contribution in [2.75, 3.05) is 0 Å². The van der Waals surface area contributed by atoms with Crippen LogP contribution < -0.4 is 0 Å². The fourth-order valence-electron chi connectivity index (χ4n) is 0. The van der Waals surface area contributed by atoms with Crippen LogP contribution in [-0.2, 0) is 0 Å². The van der Waals surface area contributed by atoms with E-state index in [-0.39, 0.29) is 0 Å². The third-order valence-corrected chi connectivity index (χ3v) is 2.65. The molecule has 0 fully saturated rings. The minimum absolute atomic E-state index is 0.852. The lowest BCUT2D eigenvalue weighted by atomic mass is 10.0. The number of unbranched alkanes of at least 4 members (excludes halogenated alkanes) is 1. The molecule has 0 radical (unpaired) electrons. The Morgan fingerprint density at radius 3 is 0.520 bits per heavy atom. The Morgan fingerprint density at radius 1 is 0.400 bits per heavy atom. The van der Waals surface area contributed by atoms with Crippen molar-refractivity contribution in [3.63, 3.8) is 0 Å². The highest BCUT2D eigenvalue weighted by molar-refractivity contribution is 4.46. The fourth-order valence-corrected chi connectivity index (χ4v) is 0. The van der Waals surface area contributed by atoms with Crippen molar-refractivity contribution >= 4 is 0 Å². The maximum atomic E-state index is 2.24. The molecule has 0 nitrogen and oxygen atoms in total. The maximum absolute atomic E-state index is 2.24. The highest BCUT2D eigenvalue weighted by Gasteiger charge is 1.95. The van der Waals surface area contributed by atoms with Crippen LogP contribution in [0.1, 0.15) is 151 Å². The zero-order valence-corrected chi connectivity index (χ0v) is 22.9. The Labute approximate surface area is 169 Å². The van der Waals surface area contributed by atoms with Crippen molar-refractivity contribution in [1.82, 2.24) is 0 Å². The summed E-state index contributed by atoms with van der Waals surface area (Å²) >= 11 is 0. The van der Waals surface area contributed by atoms with Crippen molar-refractivity contribution in [2.45, 2.75) is 151 Å². The van der Waals surface area contributed by atoms with Crippen molar-refractivity contribution in [3.8, 4) is 0 Å². The molecule has 0 aliphatic carbocycles. The van der Waals surface area contributed by atoms with Crippen LogP contribution in [0.25, 0.3) is 0 Å².